The average molecular weight is 427 g/mol. The molecule has 1 N–H and O–H groups in total. The molecule has 1 atom stereocenters. The molecule has 28 heavy (non-hydrogen) atoms. The van der Waals surface area contributed by atoms with Gasteiger partial charge in [0.25, 0.3) is 10.0 Å². The third kappa shape index (κ3) is 4.01. The molecule has 2 aromatic carbocycles. The number of carbonyl (C=O) groups excluding carboxylic acids is 1. The van der Waals surface area contributed by atoms with Gasteiger partial charge in [0, 0.05) is 24.0 Å². The molecule has 2 aromatic rings. The average Bonchev–Trinajstić information content (AvgIpc) is 2.79. The minimum Gasteiger partial charge on any atom is -0.469 e. The summed E-state index contributed by atoms with van der Waals surface area (Å²) in [5.41, 5.74) is 1.33. The summed E-state index contributed by atoms with van der Waals surface area (Å²) in [5, 5.41) is 3.22. The standard InChI is InChI=1S/C20H23ClN2O4S/c1-23-17-8-4-3-7-15(17)20(22-12-6-5-9-19(24)27-2)16-11-10-14(21)13-18(16)28(23,25)26/h3-4,7-8,10-11,13,20,22H,5-6,9,12H2,1-2H3/i5D2,6D2. The summed E-state index contributed by atoms with van der Waals surface area (Å²) >= 11 is 6.08. The maximum atomic E-state index is 13.3. The van der Waals surface area contributed by atoms with E-state index in [4.69, 9.17) is 17.1 Å². The molecule has 1 heterocycles. The van der Waals surface area contributed by atoms with Crippen molar-refractivity contribution >= 4 is 33.3 Å². The Hall–Kier alpha value is -2.09. The highest BCUT2D eigenvalue weighted by molar-refractivity contribution is 7.92. The number of anilines is 1. The lowest BCUT2D eigenvalue weighted by Gasteiger charge is -2.22. The molecule has 6 nitrogen and oxygen atoms in total. The Labute approximate surface area is 176 Å². The molecule has 1 aliphatic heterocycles. The second-order valence-electron chi connectivity index (χ2n) is 6.13. The number of rotatable bonds is 6. The molecular formula is C20H23ClN2O4S. The van der Waals surface area contributed by atoms with Gasteiger partial charge >= 0.3 is 5.97 Å². The summed E-state index contributed by atoms with van der Waals surface area (Å²) in [4.78, 5) is 11.5. The molecule has 0 spiro atoms. The van der Waals surface area contributed by atoms with Crippen LogP contribution in [0, 0.1) is 0 Å². The van der Waals surface area contributed by atoms with Crippen molar-refractivity contribution < 1.29 is 23.4 Å². The van der Waals surface area contributed by atoms with Crippen molar-refractivity contribution in [3.8, 4) is 0 Å². The third-order valence-corrected chi connectivity index (χ3v) is 6.55. The quantitative estimate of drug-likeness (QED) is 0.715. The van der Waals surface area contributed by atoms with Crippen molar-refractivity contribution in [3.05, 3.63) is 58.6 Å². The van der Waals surface area contributed by atoms with Gasteiger partial charge in [-0.1, -0.05) is 35.9 Å². The predicted octanol–water partition coefficient (Wildman–Crippen LogP) is 3.50. The first-order valence-electron chi connectivity index (χ1n) is 10.5. The van der Waals surface area contributed by atoms with Gasteiger partial charge in [0.1, 0.15) is 0 Å². The second-order valence-corrected chi connectivity index (χ2v) is 8.51. The highest BCUT2D eigenvalue weighted by Crippen LogP contribution is 2.40. The molecule has 1 aliphatic rings. The van der Waals surface area contributed by atoms with Crippen LogP contribution in [0.2, 0.25) is 5.02 Å². The molecule has 0 saturated carbocycles. The number of halogens is 1. The normalized spacial score (nSPS) is 20.5. The van der Waals surface area contributed by atoms with Crippen molar-refractivity contribution in [2.24, 2.45) is 0 Å². The summed E-state index contributed by atoms with van der Waals surface area (Å²) in [6.45, 7) is -0.498. The number of hydrogen-bond donors (Lipinski definition) is 1. The molecule has 0 radical (unpaired) electrons. The Morgan fingerprint density at radius 2 is 2.00 bits per heavy atom. The van der Waals surface area contributed by atoms with Crippen molar-refractivity contribution in [1.29, 1.82) is 0 Å². The SMILES string of the molecule is [2H]C([2H])(CNC1c2ccccc2N(C)S(=O)(=O)c2cc(Cl)ccc21)C([2H])([2H])CC(=O)OC. The number of fused-ring (bicyclic) bond motifs is 2. The van der Waals surface area contributed by atoms with Gasteiger partial charge in [0.05, 0.1) is 23.7 Å². The van der Waals surface area contributed by atoms with E-state index in [9.17, 15) is 13.2 Å². The number of methoxy groups -OCH3 is 1. The Balaban J connectivity index is 2.07. The van der Waals surface area contributed by atoms with Crippen LogP contribution in [0.3, 0.4) is 0 Å². The number of para-hydroxylation sites is 1. The highest BCUT2D eigenvalue weighted by Gasteiger charge is 2.34. The maximum Gasteiger partial charge on any atom is 0.305 e. The van der Waals surface area contributed by atoms with E-state index in [0.717, 1.165) is 11.4 Å². The minimum atomic E-state index is -3.95. The fourth-order valence-electron chi connectivity index (χ4n) is 3.08. The van der Waals surface area contributed by atoms with Crippen LogP contribution >= 0.6 is 11.6 Å². The van der Waals surface area contributed by atoms with Gasteiger partial charge in [-0.05, 0) is 48.6 Å². The van der Waals surface area contributed by atoms with E-state index < -0.39 is 47.7 Å². The number of nitrogens with one attached hydrogen (secondary N) is 1. The smallest absolute Gasteiger partial charge is 0.305 e. The zero-order valence-electron chi connectivity index (χ0n) is 19.4. The zero-order chi connectivity index (χ0) is 23.9. The lowest BCUT2D eigenvalue weighted by molar-refractivity contribution is -0.140. The first-order valence-corrected chi connectivity index (χ1v) is 10.3. The molecule has 1 unspecified atom stereocenters. The molecule has 150 valence electrons. The van der Waals surface area contributed by atoms with Crippen LogP contribution in [0.25, 0.3) is 0 Å². The van der Waals surface area contributed by atoms with Crippen LogP contribution < -0.4 is 9.62 Å². The largest absolute Gasteiger partial charge is 0.469 e. The second kappa shape index (κ2) is 8.51. The van der Waals surface area contributed by atoms with E-state index in [1.807, 2.05) is 0 Å². The van der Waals surface area contributed by atoms with E-state index in [2.05, 4.69) is 10.1 Å². The Bertz CT molecular complexity index is 1140. The fourth-order valence-corrected chi connectivity index (χ4v) is 4.79. The van der Waals surface area contributed by atoms with E-state index in [1.165, 1.54) is 13.1 Å². The van der Waals surface area contributed by atoms with Crippen LogP contribution in [0.15, 0.2) is 47.4 Å². The maximum absolute atomic E-state index is 13.3. The Morgan fingerprint density at radius 1 is 1.25 bits per heavy atom. The van der Waals surface area contributed by atoms with Gasteiger partial charge < -0.3 is 10.1 Å². The number of esters is 1. The number of nitrogens with zero attached hydrogens (tertiary/aromatic N) is 1. The van der Waals surface area contributed by atoms with Gasteiger partial charge in [-0.2, -0.15) is 0 Å². The van der Waals surface area contributed by atoms with E-state index >= 15 is 0 Å². The fraction of sp³-hybridized carbons (Fsp3) is 0.350. The number of sulfonamides is 1. The summed E-state index contributed by atoms with van der Waals surface area (Å²) < 4.78 is 64.8. The highest BCUT2D eigenvalue weighted by atomic mass is 35.5. The van der Waals surface area contributed by atoms with Crippen LogP contribution in [0.1, 0.15) is 41.8 Å². The number of hydrogen-bond acceptors (Lipinski definition) is 5. The van der Waals surface area contributed by atoms with E-state index in [-0.39, 0.29) is 9.92 Å². The van der Waals surface area contributed by atoms with Crippen molar-refractivity contribution in [2.45, 2.75) is 30.1 Å². The topological polar surface area (TPSA) is 75.7 Å². The number of benzene rings is 2. The van der Waals surface area contributed by atoms with Crippen LogP contribution in [-0.4, -0.2) is 35.1 Å². The molecule has 0 amide bonds. The van der Waals surface area contributed by atoms with E-state index in [0.29, 0.717) is 16.8 Å². The molecule has 8 heteroatoms. The number of ether oxygens (including phenoxy) is 1. The zero-order valence-corrected chi connectivity index (χ0v) is 17.0. The van der Waals surface area contributed by atoms with Crippen molar-refractivity contribution in [2.75, 3.05) is 25.0 Å². The summed E-state index contributed by atoms with van der Waals surface area (Å²) in [5.74, 6) is -0.869. The van der Waals surface area contributed by atoms with E-state index in [1.54, 1.807) is 36.4 Å². The first-order chi connectivity index (χ1) is 14.8. The molecular weight excluding hydrogens is 400 g/mol. The van der Waals surface area contributed by atoms with Crippen molar-refractivity contribution in [1.82, 2.24) is 5.32 Å². The number of carbonyl (C=O) groups is 1. The minimum absolute atomic E-state index is 0.0284. The lowest BCUT2D eigenvalue weighted by Crippen LogP contribution is -2.26. The molecule has 0 bridgehead atoms. The summed E-state index contributed by atoms with van der Waals surface area (Å²) in [6, 6.07) is 10.5. The molecule has 0 saturated heterocycles. The van der Waals surface area contributed by atoms with Gasteiger partial charge in [-0.3, -0.25) is 9.10 Å². The van der Waals surface area contributed by atoms with Gasteiger partial charge in [0.15, 0.2) is 0 Å². The van der Waals surface area contributed by atoms with Crippen LogP contribution in [0.5, 0.6) is 0 Å². The molecule has 0 aliphatic carbocycles. The Morgan fingerprint density at radius 3 is 2.75 bits per heavy atom. The predicted molar refractivity (Wildman–Crippen MR) is 109 cm³/mol. The third-order valence-electron chi connectivity index (χ3n) is 4.49. The molecule has 0 aromatic heterocycles. The van der Waals surface area contributed by atoms with Crippen LogP contribution in [0.4, 0.5) is 5.69 Å². The van der Waals surface area contributed by atoms with Gasteiger partial charge in [0.2, 0.25) is 0 Å². The molecule has 0 fully saturated rings. The van der Waals surface area contributed by atoms with Crippen molar-refractivity contribution in [3.63, 3.8) is 0 Å². The first kappa shape index (κ1) is 15.8. The van der Waals surface area contributed by atoms with Gasteiger partial charge in [-0.25, -0.2) is 8.42 Å². The molecule has 3 rings (SSSR count). The van der Waals surface area contributed by atoms with Gasteiger partial charge in [-0.15, -0.1) is 0 Å². The summed E-state index contributed by atoms with van der Waals surface area (Å²) in [7, 11) is -1.42. The van der Waals surface area contributed by atoms with Crippen LogP contribution in [-0.2, 0) is 19.6 Å². The monoisotopic (exact) mass is 426 g/mol. The lowest BCUT2D eigenvalue weighted by atomic mass is 9.96. The summed E-state index contributed by atoms with van der Waals surface area (Å²) in [6.07, 6.45) is -5.76. The Kier molecular flexibility index (Phi) is 4.80.